The number of hydrogen-bond donors (Lipinski definition) is 0. The lowest BCUT2D eigenvalue weighted by atomic mass is 10.1. The lowest BCUT2D eigenvalue weighted by molar-refractivity contribution is 0.0926. The molecule has 0 fully saturated rings. The van der Waals surface area contributed by atoms with Crippen LogP contribution >= 0.6 is 0 Å². The molecule has 39 heavy (non-hydrogen) atoms. The highest BCUT2D eigenvalue weighted by Crippen LogP contribution is 2.39. The zero-order chi connectivity index (χ0) is 26.2. The molecule has 0 N–H and O–H groups in total. The second-order valence-electron chi connectivity index (χ2n) is 9.62. The molecule has 0 spiro atoms. The smallest absolute Gasteiger partial charge is 0.266 e. The van der Waals surface area contributed by atoms with Crippen molar-refractivity contribution in [3.05, 3.63) is 120 Å². The minimum atomic E-state index is -0.425. The summed E-state index contributed by atoms with van der Waals surface area (Å²) in [6.07, 6.45) is 0. The van der Waals surface area contributed by atoms with Gasteiger partial charge < -0.3 is 8.98 Å². The molecule has 3 heterocycles. The Morgan fingerprint density at radius 1 is 0.615 bits per heavy atom. The number of amides is 2. The van der Waals surface area contributed by atoms with Crippen LogP contribution in [-0.4, -0.2) is 16.4 Å². The normalized spacial score (nSPS) is 13.2. The molecule has 6 heteroatoms. The van der Waals surface area contributed by atoms with Crippen molar-refractivity contribution in [3.8, 4) is 11.8 Å². The number of imide groups is 1. The first-order chi connectivity index (χ1) is 19.1. The van der Waals surface area contributed by atoms with Crippen molar-refractivity contribution in [3.63, 3.8) is 0 Å². The molecule has 0 unspecified atom stereocenters. The number of fused-ring (bicyclic) bond motifs is 7. The summed E-state index contributed by atoms with van der Waals surface area (Å²) in [4.78, 5) is 27.4. The maximum atomic E-state index is 13.1. The number of anilines is 1. The largest absolute Gasteiger partial charge is 0.456 e. The Kier molecular flexibility index (Phi) is 4.21. The van der Waals surface area contributed by atoms with Gasteiger partial charge in [-0.25, -0.2) is 4.90 Å². The third-order valence-corrected chi connectivity index (χ3v) is 7.56. The highest BCUT2D eigenvalue weighted by molar-refractivity contribution is 6.34. The molecule has 2 aromatic heterocycles. The molecule has 7 aromatic rings. The number of carbonyl (C=O) groups is 2. The van der Waals surface area contributed by atoms with Gasteiger partial charge in [0.1, 0.15) is 17.2 Å². The number of furan rings is 1. The zero-order valence-corrected chi connectivity index (χ0v) is 20.4. The van der Waals surface area contributed by atoms with Crippen LogP contribution in [0.2, 0.25) is 0 Å². The first-order valence-corrected chi connectivity index (χ1v) is 12.5. The molecule has 1 aliphatic rings. The Morgan fingerprint density at radius 2 is 1.31 bits per heavy atom. The minimum absolute atomic E-state index is 0.239. The molecule has 0 radical (unpaired) electrons. The molecule has 6 nitrogen and oxygen atoms in total. The van der Waals surface area contributed by atoms with E-state index in [4.69, 9.17) is 4.42 Å². The van der Waals surface area contributed by atoms with E-state index in [1.807, 2.05) is 48.5 Å². The van der Waals surface area contributed by atoms with Crippen LogP contribution in [0.5, 0.6) is 0 Å². The summed E-state index contributed by atoms with van der Waals surface area (Å²) in [5.74, 6) is -0.850. The fraction of sp³-hybridized carbons (Fsp3) is 0. The van der Waals surface area contributed by atoms with Gasteiger partial charge in [0.05, 0.1) is 33.4 Å². The van der Waals surface area contributed by atoms with Crippen LogP contribution in [0.3, 0.4) is 0 Å². The van der Waals surface area contributed by atoms with Gasteiger partial charge in [0.25, 0.3) is 11.8 Å². The second-order valence-corrected chi connectivity index (χ2v) is 9.62. The average Bonchev–Trinajstić information content (AvgIpc) is 3.59. The van der Waals surface area contributed by atoms with Gasteiger partial charge in [0.2, 0.25) is 0 Å². The van der Waals surface area contributed by atoms with Crippen molar-refractivity contribution >= 4 is 61.2 Å². The Balaban J connectivity index is 1.37. The summed E-state index contributed by atoms with van der Waals surface area (Å²) in [7, 11) is 0. The van der Waals surface area contributed by atoms with Crippen LogP contribution < -0.4 is 4.90 Å². The Hall–Kier alpha value is -5.67. The summed E-state index contributed by atoms with van der Waals surface area (Å²) in [6.45, 7) is 0. The fourth-order valence-corrected chi connectivity index (χ4v) is 5.82. The lowest BCUT2D eigenvalue weighted by Gasteiger charge is -2.17. The zero-order valence-electron chi connectivity index (χ0n) is 20.4. The van der Waals surface area contributed by atoms with Crippen molar-refractivity contribution < 1.29 is 14.0 Å². The van der Waals surface area contributed by atoms with Gasteiger partial charge in [-0.05, 0) is 54.6 Å². The summed E-state index contributed by atoms with van der Waals surface area (Å²) in [5.41, 5.74) is 5.53. The van der Waals surface area contributed by atoms with E-state index in [9.17, 15) is 14.9 Å². The number of aromatic nitrogens is 1. The Labute approximate surface area is 221 Å². The van der Waals surface area contributed by atoms with E-state index in [0.29, 0.717) is 11.1 Å². The third-order valence-electron chi connectivity index (χ3n) is 7.56. The van der Waals surface area contributed by atoms with Crippen molar-refractivity contribution in [2.24, 2.45) is 0 Å². The first kappa shape index (κ1) is 21.4. The fourth-order valence-electron chi connectivity index (χ4n) is 5.82. The molecule has 0 atom stereocenters. The molecule has 0 aliphatic carbocycles. The van der Waals surface area contributed by atoms with E-state index in [2.05, 4.69) is 28.8 Å². The number of benzene rings is 5. The maximum absolute atomic E-state index is 13.1. The lowest BCUT2D eigenvalue weighted by Crippen LogP contribution is -2.30. The van der Waals surface area contributed by atoms with Crippen LogP contribution in [0.15, 0.2) is 108 Å². The highest BCUT2D eigenvalue weighted by atomic mass is 16.3. The molecule has 0 saturated carbocycles. The summed E-state index contributed by atoms with van der Waals surface area (Å²) in [5, 5.41) is 14.2. The maximum Gasteiger partial charge on any atom is 0.266 e. The molecule has 0 bridgehead atoms. The number of hydrogen-bond acceptors (Lipinski definition) is 4. The van der Waals surface area contributed by atoms with Gasteiger partial charge in [-0.1, -0.05) is 48.5 Å². The van der Waals surface area contributed by atoms with Crippen LogP contribution in [0, 0.1) is 11.3 Å². The molecule has 8 rings (SSSR count). The van der Waals surface area contributed by atoms with E-state index in [1.165, 1.54) is 0 Å². The van der Waals surface area contributed by atoms with Crippen molar-refractivity contribution in [2.75, 3.05) is 4.90 Å². The van der Waals surface area contributed by atoms with Crippen LogP contribution in [0.1, 0.15) is 26.3 Å². The number of carbonyl (C=O) groups excluding carboxylic acids is 2. The molecule has 1 aliphatic heterocycles. The number of para-hydroxylation sites is 2. The van der Waals surface area contributed by atoms with Crippen molar-refractivity contribution in [1.29, 1.82) is 5.26 Å². The summed E-state index contributed by atoms with van der Waals surface area (Å²) < 4.78 is 8.27. The van der Waals surface area contributed by atoms with Crippen molar-refractivity contribution in [1.82, 2.24) is 4.57 Å². The van der Waals surface area contributed by atoms with Crippen LogP contribution in [-0.2, 0) is 0 Å². The average molecular weight is 504 g/mol. The van der Waals surface area contributed by atoms with E-state index < -0.39 is 11.8 Å². The van der Waals surface area contributed by atoms with Crippen molar-refractivity contribution in [2.45, 2.75) is 0 Å². The first-order valence-electron chi connectivity index (χ1n) is 12.5. The molecular formula is C33H17N3O3. The van der Waals surface area contributed by atoms with Gasteiger partial charge in [-0.15, -0.1) is 0 Å². The Morgan fingerprint density at radius 3 is 2.08 bits per heavy atom. The number of nitrogens with zero attached hydrogens (tertiary/aromatic N) is 3. The van der Waals surface area contributed by atoms with E-state index in [-0.39, 0.29) is 11.3 Å². The van der Waals surface area contributed by atoms with Gasteiger partial charge in [-0.3, -0.25) is 9.59 Å². The second kappa shape index (κ2) is 7.67. The van der Waals surface area contributed by atoms with Crippen LogP contribution in [0.25, 0.3) is 49.4 Å². The number of nitriles is 1. The summed E-state index contributed by atoms with van der Waals surface area (Å²) in [6, 6.07) is 34.5. The number of rotatable bonds is 2. The van der Waals surface area contributed by atoms with E-state index >= 15 is 0 Å². The summed E-state index contributed by atoms with van der Waals surface area (Å²) >= 11 is 0. The molecule has 2 amide bonds. The van der Waals surface area contributed by atoms with Gasteiger partial charge in [0.15, 0.2) is 0 Å². The molecule has 182 valence electrons. The van der Waals surface area contributed by atoms with E-state index in [1.54, 1.807) is 36.4 Å². The quantitative estimate of drug-likeness (QED) is 0.231. The van der Waals surface area contributed by atoms with Gasteiger partial charge >= 0.3 is 0 Å². The SMILES string of the molecule is N#Cc1cc(-n2c3ccccc3c3cc4oc5ccccc5c4cc32)ccc1N1C(=O)c2ccccc2C1=O. The van der Waals surface area contributed by atoms with Gasteiger partial charge in [-0.2, -0.15) is 5.26 Å². The molecule has 5 aromatic carbocycles. The molecular weight excluding hydrogens is 486 g/mol. The molecule has 0 saturated heterocycles. The monoisotopic (exact) mass is 503 g/mol. The third kappa shape index (κ3) is 2.84. The highest BCUT2D eigenvalue weighted by Gasteiger charge is 2.37. The minimum Gasteiger partial charge on any atom is -0.456 e. The van der Waals surface area contributed by atoms with Crippen LogP contribution in [0.4, 0.5) is 5.69 Å². The topological polar surface area (TPSA) is 79.2 Å². The predicted molar refractivity (Wildman–Crippen MR) is 150 cm³/mol. The standard InChI is InChI=1S/C33H17N3O3/c34-18-19-15-20(13-14-27(19)36-32(37)23-9-1-2-10-24(23)33(36)38)35-28-11-5-3-7-21(28)25-17-31-26(16-29(25)35)22-8-4-6-12-30(22)39-31/h1-17H. The Bertz CT molecular complexity index is 2210. The van der Waals surface area contributed by atoms with E-state index in [0.717, 1.165) is 54.3 Å². The predicted octanol–water partition coefficient (Wildman–Crippen LogP) is 7.36. The van der Waals surface area contributed by atoms with Gasteiger partial charge in [0, 0.05) is 27.2 Å².